The quantitative estimate of drug-likeness (QED) is 0.760. The molecule has 0 aliphatic heterocycles. The molecule has 0 amide bonds. The van der Waals surface area contributed by atoms with Gasteiger partial charge in [0.25, 0.3) is 0 Å². The second-order valence-electron chi connectivity index (χ2n) is 4.84. The van der Waals surface area contributed by atoms with Crippen molar-refractivity contribution in [2.45, 2.75) is 51.3 Å². The Morgan fingerprint density at radius 1 is 1.50 bits per heavy atom. The zero-order chi connectivity index (χ0) is 13.1. The number of aliphatic hydroxyl groups is 1. The van der Waals surface area contributed by atoms with E-state index in [9.17, 15) is 9.90 Å². The molecule has 0 saturated heterocycles. The van der Waals surface area contributed by atoms with Crippen molar-refractivity contribution in [1.29, 1.82) is 0 Å². The molecule has 1 heterocycles. The van der Waals surface area contributed by atoms with Crippen LogP contribution in [-0.4, -0.2) is 28.3 Å². The summed E-state index contributed by atoms with van der Waals surface area (Å²) in [5.41, 5.74) is 0.838. The van der Waals surface area contributed by atoms with Crippen LogP contribution in [0.15, 0.2) is 10.5 Å². The summed E-state index contributed by atoms with van der Waals surface area (Å²) in [4.78, 5) is 10.8. The minimum Gasteiger partial charge on any atom is -0.475 e. The number of aliphatic hydroxyl groups excluding tert-OH is 1. The molecule has 1 aliphatic rings. The summed E-state index contributed by atoms with van der Waals surface area (Å²) in [5.74, 6) is -0.472. The van der Waals surface area contributed by atoms with Crippen molar-refractivity contribution in [2.24, 2.45) is 0 Å². The first kappa shape index (κ1) is 13.1. The van der Waals surface area contributed by atoms with Gasteiger partial charge >= 0.3 is 5.97 Å². The number of furan rings is 1. The minimum atomic E-state index is -1.05. The molecule has 2 rings (SSSR count). The van der Waals surface area contributed by atoms with Crippen LogP contribution in [0.3, 0.4) is 0 Å². The number of aryl methyl sites for hydroxylation is 1. The molecule has 100 valence electrons. The number of carboxylic acids is 1. The lowest BCUT2D eigenvalue weighted by Gasteiger charge is -2.28. The van der Waals surface area contributed by atoms with E-state index in [2.05, 4.69) is 5.32 Å². The molecular weight excluding hydrogens is 234 g/mol. The van der Waals surface area contributed by atoms with Crippen molar-refractivity contribution in [3.63, 3.8) is 0 Å². The van der Waals surface area contributed by atoms with Crippen LogP contribution in [0.1, 0.15) is 47.6 Å². The molecule has 1 aromatic rings. The predicted octanol–water partition coefficient (Wildman–Crippen LogP) is 1.68. The fraction of sp³-hybridized carbons (Fsp3) is 0.615. The van der Waals surface area contributed by atoms with E-state index in [1.54, 1.807) is 13.0 Å². The molecule has 5 nitrogen and oxygen atoms in total. The van der Waals surface area contributed by atoms with Crippen LogP contribution in [0.25, 0.3) is 0 Å². The van der Waals surface area contributed by atoms with Gasteiger partial charge in [-0.1, -0.05) is 12.8 Å². The lowest BCUT2D eigenvalue weighted by atomic mass is 9.92. The van der Waals surface area contributed by atoms with Crippen LogP contribution in [0.4, 0.5) is 0 Å². The Balaban J connectivity index is 1.95. The number of carbonyl (C=O) groups is 1. The summed E-state index contributed by atoms with van der Waals surface area (Å²) in [6.07, 6.45) is 3.70. The Labute approximate surface area is 106 Å². The highest BCUT2D eigenvalue weighted by Crippen LogP contribution is 2.20. The average Bonchev–Trinajstić information content (AvgIpc) is 2.70. The van der Waals surface area contributed by atoms with Gasteiger partial charge in [0.15, 0.2) is 0 Å². The molecular formula is C13H19NO4. The standard InChI is InChI=1S/C13H19NO4/c1-8-9(6-12(18-8)13(16)17)7-14-10-4-2-3-5-11(10)15/h6,10-11,14-15H,2-5,7H2,1H3,(H,16,17). The smallest absolute Gasteiger partial charge is 0.371 e. The monoisotopic (exact) mass is 253 g/mol. The molecule has 1 fully saturated rings. The number of rotatable bonds is 4. The summed E-state index contributed by atoms with van der Waals surface area (Å²) >= 11 is 0. The van der Waals surface area contributed by atoms with Gasteiger partial charge in [0.2, 0.25) is 5.76 Å². The normalized spacial score (nSPS) is 24.1. The van der Waals surface area contributed by atoms with Gasteiger partial charge in [0, 0.05) is 18.2 Å². The Morgan fingerprint density at radius 3 is 2.83 bits per heavy atom. The van der Waals surface area contributed by atoms with Crippen molar-refractivity contribution < 1.29 is 19.4 Å². The van der Waals surface area contributed by atoms with Crippen molar-refractivity contribution in [2.75, 3.05) is 0 Å². The zero-order valence-electron chi connectivity index (χ0n) is 10.5. The van der Waals surface area contributed by atoms with E-state index in [4.69, 9.17) is 9.52 Å². The van der Waals surface area contributed by atoms with E-state index in [-0.39, 0.29) is 17.9 Å². The Hall–Kier alpha value is -1.33. The summed E-state index contributed by atoms with van der Waals surface area (Å²) in [7, 11) is 0. The predicted molar refractivity (Wildman–Crippen MR) is 65.5 cm³/mol. The SMILES string of the molecule is Cc1oc(C(=O)O)cc1CNC1CCCCC1O. The molecule has 3 N–H and O–H groups in total. The topological polar surface area (TPSA) is 82.7 Å². The maximum atomic E-state index is 10.8. The second-order valence-corrected chi connectivity index (χ2v) is 4.84. The minimum absolute atomic E-state index is 0.0338. The molecule has 1 aliphatic carbocycles. The highest BCUT2D eigenvalue weighted by Gasteiger charge is 2.23. The highest BCUT2D eigenvalue weighted by atomic mass is 16.4. The van der Waals surface area contributed by atoms with Crippen LogP contribution >= 0.6 is 0 Å². The second kappa shape index (κ2) is 5.54. The number of carboxylic acid groups (broad SMARTS) is 1. The molecule has 2 atom stereocenters. The molecule has 1 saturated carbocycles. The lowest BCUT2D eigenvalue weighted by Crippen LogP contribution is -2.41. The van der Waals surface area contributed by atoms with E-state index in [1.165, 1.54) is 0 Å². The molecule has 0 aromatic carbocycles. The first-order valence-corrected chi connectivity index (χ1v) is 6.32. The van der Waals surface area contributed by atoms with Crippen LogP contribution in [0, 0.1) is 6.92 Å². The molecule has 5 heteroatoms. The van der Waals surface area contributed by atoms with Crippen molar-refractivity contribution in [3.8, 4) is 0 Å². The average molecular weight is 253 g/mol. The van der Waals surface area contributed by atoms with Crippen molar-refractivity contribution in [3.05, 3.63) is 23.2 Å². The Morgan fingerprint density at radius 2 is 2.22 bits per heavy atom. The third kappa shape index (κ3) is 2.91. The van der Waals surface area contributed by atoms with Crippen molar-refractivity contribution >= 4 is 5.97 Å². The van der Waals surface area contributed by atoms with Crippen LogP contribution in [0.2, 0.25) is 0 Å². The largest absolute Gasteiger partial charge is 0.475 e. The van der Waals surface area contributed by atoms with Crippen LogP contribution in [0.5, 0.6) is 0 Å². The van der Waals surface area contributed by atoms with E-state index in [0.29, 0.717) is 12.3 Å². The van der Waals surface area contributed by atoms with Gasteiger partial charge in [-0.25, -0.2) is 4.79 Å². The van der Waals surface area contributed by atoms with Gasteiger partial charge in [-0.15, -0.1) is 0 Å². The van der Waals surface area contributed by atoms with Crippen molar-refractivity contribution in [1.82, 2.24) is 5.32 Å². The molecule has 0 radical (unpaired) electrons. The number of aromatic carboxylic acids is 1. The molecule has 2 unspecified atom stereocenters. The first-order chi connectivity index (χ1) is 8.58. The third-order valence-corrected chi connectivity index (χ3v) is 3.52. The van der Waals surface area contributed by atoms with Gasteiger partial charge in [-0.05, 0) is 25.8 Å². The van der Waals surface area contributed by atoms with Gasteiger partial charge < -0.3 is 19.9 Å². The Kier molecular flexibility index (Phi) is 4.04. The summed E-state index contributed by atoms with van der Waals surface area (Å²) in [5, 5.41) is 21.9. The van der Waals surface area contributed by atoms with E-state index in [0.717, 1.165) is 31.2 Å². The summed E-state index contributed by atoms with van der Waals surface area (Å²) < 4.78 is 5.14. The van der Waals surface area contributed by atoms with Gasteiger partial charge in [-0.2, -0.15) is 0 Å². The van der Waals surface area contributed by atoms with Gasteiger partial charge in [0.05, 0.1) is 6.10 Å². The highest BCUT2D eigenvalue weighted by molar-refractivity contribution is 5.84. The molecule has 1 aromatic heterocycles. The third-order valence-electron chi connectivity index (χ3n) is 3.52. The number of hydrogen-bond donors (Lipinski definition) is 3. The van der Waals surface area contributed by atoms with E-state index < -0.39 is 5.97 Å². The number of hydrogen-bond acceptors (Lipinski definition) is 4. The Bertz CT molecular complexity index is 427. The molecule has 0 bridgehead atoms. The molecule has 0 spiro atoms. The summed E-state index contributed by atoms with van der Waals surface area (Å²) in [6.45, 7) is 2.28. The van der Waals surface area contributed by atoms with Gasteiger partial charge in [-0.3, -0.25) is 0 Å². The van der Waals surface area contributed by atoms with Crippen LogP contribution in [-0.2, 0) is 6.54 Å². The fourth-order valence-corrected chi connectivity index (χ4v) is 2.39. The summed E-state index contributed by atoms with van der Waals surface area (Å²) in [6, 6.07) is 1.64. The first-order valence-electron chi connectivity index (χ1n) is 6.32. The van der Waals surface area contributed by atoms with E-state index in [1.807, 2.05) is 0 Å². The maximum Gasteiger partial charge on any atom is 0.371 e. The van der Waals surface area contributed by atoms with Gasteiger partial charge in [0.1, 0.15) is 5.76 Å². The van der Waals surface area contributed by atoms with E-state index >= 15 is 0 Å². The fourth-order valence-electron chi connectivity index (χ4n) is 2.39. The molecule has 18 heavy (non-hydrogen) atoms. The maximum absolute atomic E-state index is 10.8. The lowest BCUT2D eigenvalue weighted by molar-refractivity contribution is 0.0661. The zero-order valence-corrected chi connectivity index (χ0v) is 10.5. The number of nitrogens with one attached hydrogen (secondary N) is 1. The van der Waals surface area contributed by atoms with Crippen LogP contribution < -0.4 is 5.32 Å².